The second kappa shape index (κ2) is 6.73. The summed E-state index contributed by atoms with van der Waals surface area (Å²) >= 11 is 0. The molecule has 7 heteroatoms. The maximum absolute atomic E-state index is 12.6. The Morgan fingerprint density at radius 2 is 1.90 bits per heavy atom. The van der Waals surface area contributed by atoms with Crippen molar-refractivity contribution in [3.8, 4) is 11.1 Å². The van der Waals surface area contributed by atoms with Crippen LogP contribution in [0.4, 0.5) is 5.69 Å². The number of nitrogens with one attached hydrogen (secondary N) is 2. The van der Waals surface area contributed by atoms with Crippen molar-refractivity contribution < 1.29 is 24.2 Å². The summed E-state index contributed by atoms with van der Waals surface area (Å²) in [6.07, 6.45) is 3.93. The lowest BCUT2D eigenvalue weighted by molar-refractivity contribution is -0.110. The smallest absolute Gasteiger partial charge is 0.339 e. The number of aromatic amines is 1. The van der Waals surface area contributed by atoms with E-state index >= 15 is 0 Å². The minimum Gasteiger partial charge on any atom is -0.478 e. The van der Waals surface area contributed by atoms with Gasteiger partial charge in [-0.3, -0.25) is 4.79 Å². The number of carbonyl (C=O) groups is 3. The van der Waals surface area contributed by atoms with Crippen LogP contribution in [0, 0.1) is 0 Å². The van der Waals surface area contributed by atoms with Crippen molar-refractivity contribution in [2.45, 2.75) is 6.42 Å². The highest BCUT2D eigenvalue weighted by Crippen LogP contribution is 2.37. The molecule has 1 aromatic heterocycles. The van der Waals surface area contributed by atoms with E-state index in [1.807, 2.05) is 18.2 Å². The van der Waals surface area contributed by atoms with Gasteiger partial charge in [-0.25, -0.2) is 9.59 Å². The number of hydrogen-bond acceptors (Lipinski definition) is 4. The Kier molecular flexibility index (Phi) is 4.03. The summed E-state index contributed by atoms with van der Waals surface area (Å²) in [5, 5.41) is 12.1. The van der Waals surface area contributed by atoms with Crippen LogP contribution in [0.5, 0.6) is 0 Å². The van der Waals surface area contributed by atoms with Crippen LogP contribution in [0.25, 0.3) is 22.8 Å². The quantitative estimate of drug-likeness (QED) is 0.460. The van der Waals surface area contributed by atoms with Crippen molar-refractivity contribution in [3.63, 3.8) is 0 Å². The fourth-order valence-corrected chi connectivity index (χ4v) is 3.86. The third-order valence-electron chi connectivity index (χ3n) is 5.36. The van der Waals surface area contributed by atoms with E-state index in [-0.39, 0.29) is 17.4 Å². The average Bonchev–Trinajstić information content (AvgIpc) is 3.30. The third-order valence-corrected chi connectivity index (χ3v) is 5.36. The average molecular weight is 400 g/mol. The number of amides is 1. The summed E-state index contributed by atoms with van der Waals surface area (Å²) in [4.78, 5) is 38.9. The van der Waals surface area contributed by atoms with Gasteiger partial charge in [-0.1, -0.05) is 18.2 Å². The van der Waals surface area contributed by atoms with Gasteiger partial charge in [-0.05, 0) is 47.0 Å². The predicted octanol–water partition coefficient (Wildman–Crippen LogP) is 3.59. The van der Waals surface area contributed by atoms with Gasteiger partial charge >= 0.3 is 11.9 Å². The zero-order chi connectivity index (χ0) is 20.8. The van der Waals surface area contributed by atoms with Crippen LogP contribution in [0.1, 0.15) is 37.5 Å². The van der Waals surface area contributed by atoms with Crippen LogP contribution in [0.2, 0.25) is 0 Å². The fraction of sp³-hybridized carbons (Fsp3) is 0.0870. The number of cyclic esters (lactones) is 1. The van der Waals surface area contributed by atoms with Crippen LogP contribution in [-0.2, 0) is 16.0 Å². The van der Waals surface area contributed by atoms with Crippen molar-refractivity contribution in [2.75, 3.05) is 11.9 Å². The summed E-state index contributed by atoms with van der Waals surface area (Å²) in [6.45, 7) is 0.312. The highest BCUT2D eigenvalue weighted by atomic mass is 16.5. The van der Waals surface area contributed by atoms with Gasteiger partial charge in [0.1, 0.15) is 0 Å². The van der Waals surface area contributed by atoms with Crippen molar-refractivity contribution in [1.29, 1.82) is 0 Å². The van der Waals surface area contributed by atoms with Crippen LogP contribution >= 0.6 is 0 Å². The first kappa shape index (κ1) is 17.9. The third kappa shape index (κ3) is 2.88. The number of aromatic carboxylic acids is 1. The van der Waals surface area contributed by atoms with Gasteiger partial charge in [0, 0.05) is 29.6 Å². The number of carboxylic acids is 1. The lowest BCUT2D eigenvalue weighted by Crippen LogP contribution is -2.16. The molecule has 30 heavy (non-hydrogen) atoms. The summed E-state index contributed by atoms with van der Waals surface area (Å²) < 4.78 is 5.06. The molecular formula is C23H16N2O5. The van der Waals surface area contributed by atoms with E-state index in [0.717, 1.165) is 22.3 Å². The molecule has 2 aromatic carbocycles. The normalized spacial score (nSPS) is 16.1. The molecule has 0 atom stereocenters. The molecular weight excluding hydrogens is 384 g/mol. The number of carbonyl (C=O) groups excluding carboxylic acids is 2. The molecule has 7 nitrogen and oxygen atoms in total. The minimum atomic E-state index is -0.995. The second-order valence-corrected chi connectivity index (χ2v) is 7.14. The number of anilines is 1. The highest BCUT2D eigenvalue weighted by Gasteiger charge is 2.27. The van der Waals surface area contributed by atoms with Gasteiger partial charge in [0.2, 0.25) is 0 Å². The molecule has 1 amide bonds. The van der Waals surface area contributed by atoms with E-state index < -0.39 is 5.97 Å². The molecule has 2 aliphatic heterocycles. The van der Waals surface area contributed by atoms with Crippen LogP contribution in [-0.4, -0.2) is 34.5 Å². The van der Waals surface area contributed by atoms with Crippen LogP contribution < -0.4 is 5.32 Å². The molecule has 2 aliphatic rings. The Morgan fingerprint density at radius 1 is 1.07 bits per heavy atom. The van der Waals surface area contributed by atoms with Gasteiger partial charge in [-0.2, -0.15) is 0 Å². The van der Waals surface area contributed by atoms with Gasteiger partial charge in [-0.15, -0.1) is 0 Å². The lowest BCUT2D eigenvalue weighted by atomic mass is 9.97. The highest BCUT2D eigenvalue weighted by molar-refractivity contribution is 6.35. The molecule has 5 rings (SSSR count). The summed E-state index contributed by atoms with van der Waals surface area (Å²) in [6, 6.07) is 12.2. The van der Waals surface area contributed by atoms with Gasteiger partial charge in [0.25, 0.3) is 5.91 Å². The number of aromatic nitrogens is 1. The Bertz CT molecular complexity index is 1270. The fourth-order valence-electron chi connectivity index (χ4n) is 3.86. The zero-order valence-electron chi connectivity index (χ0n) is 15.7. The first-order valence-corrected chi connectivity index (χ1v) is 9.40. The molecule has 3 heterocycles. The zero-order valence-corrected chi connectivity index (χ0v) is 15.7. The number of carboxylic acid groups (broad SMARTS) is 1. The molecule has 0 bridgehead atoms. The first-order chi connectivity index (χ1) is 14.5. The standard InChI is InChI=1S/C23H16N2O5/c26-21-17(10-20-15-6-7-30-23(29)18(15)11-24-20)16-9-13(4-5-19(16)25-21)12-2-1-3-14(8-12)22(27)28/h1-5,8-11,24H,6-7H2,(H,25,26)(H,27,28). The maximum Gasteiger partial charge on any atom is 0.339 e. The van der Waals surface area contributed by atoms with Crippen molar-refractivity contribution >= 4 is 35.2 Å². The molecule has 148 valence electrons. The molecule has 0 saturated heterocycles. The Labute approximate surface area is 171 Å². The molecule has 0 unspecified atom stereocenters. The van der Waals surface area contributed by atoms with E-state index in [1.54, 1.807) is 30.5 Å². The number of H-pyrrole nitrogens is 1. The molecule has 0 saturated carbocycles. The number of rotatable bonds is 3. The molecule has 3 aromatic rings. The van der Waals surface area contributed by atoms with Crippen LogP contribution in [0.15, 0.2) is 48.7 Å². The van der Waals surface area contributed by atoms with E-state index in [0.29, 0.717) is 35.5 Å². The van der Waals surface area contributed by atoms with Crippen molar-refractivity contribution in [1.82, 2.24) is 4.98 Å². The van der Waals surface area contributed by atoms with Crippen molar-refractivity contribution in [2.24, 2.45) is 0 Å². The number of hydrogen-bond donors (Lipinski definition) is 3. The Balaban J connectivity index is 1.58. The van der Waals surface area contributed by atoms with Crippen LogP contribution in [0.3, 0.4) is 0 Å². The number of benzene rings is 2. The summed E-state index contributed by atoms with van der Waals surface area (Å²) in [5.41, 5.74) is 5.67. The number of ether oxygens (including phenoxy) is 1. The Morgan fingerprint density at radius 3 is 2.73 bits per heavy atom. The topological polar surface area (TPSA) is 108 Å². The van der Waals surface area contributed by atoms with E-state index in [1.165, 1.54) is 6.07 Å². The molecule has 0 fully saturated rings. The van der Waals surface area contributed by atoms with Crippen molar-refractivity contribution in [3.05, 3.63) is 76.6 Å². The monoisotopic (exact) mass is 400 g/mol. The number of fused-ring (bicyclic) bond motifs is 2. The maximum atomic E-state index is 12.6. The predicted molar refractivity (Wildman–Crippen MR) is 110 cm³/mol. The SMILES string of the molecule is O=C1Nc2ccc(-c3cccc(C(=O)O)c3)cc2C1=Cc1[nH]cc2c1CCOC2=O. The number of esters is 1. The minimum absolute atomic E-state index is 0.197. The first-order valence-electron chi connectivity index (χ1n) is 9.40. The summed E-state index contributed by atoms with van der Waals surface area (Å²) in [7, 11) is 0. The van der Waals surface area contributed by atoms with E-state index in [2.05, 4.69) is 10.3 Å². The molecule has 3 N–H and O–H groups in total. The lowest BCUT2D eigenvalue weighted by Gasteiger charge is -2.12. The largest absolute Gasteiger partial charge is 0.478 e. The van der Waals surface area contributed by atoms with E-state index in [4.69, 9.17) is 4.74 Å². The molecule has 0 spiro atoms. The Hall–Kier alpha value is -4.13. The van der Waals surface area contributed by atoms with E-state index in [9.17, 15) is 19.5 Å². The summed E-state index contributed by atoms with van der Waals surface area (Å²) in [5.74, 6) is -1.59. The van der Waals surface area contributed by atoms with Gasteiger partial charge in [0.15, 0.2) is 0 Å². The van der Waals surface area contributed by atoms with Gasteiger partial charge in [0.05, 0.1) is 23.3 Å². The molecule has 0 radical (unpaired) electrons. The molecule has 0 aliphatic carbocycles. The van der Waals surface area contributed by atoms with Gasteiger partial charge < -0.3 is 20.1 Å². The second-order valence-electron chi connectivity index (χ2n) is 7.14.